The molecule has 11 heavy (non-hydrogen) atoms. The van der Waals surface area contributed by atoms with Crippen LogP contribution in [0.4, 0.5) is 4.39 Å². The van der Waals surface area contributed by atoms with Gasteiger partial charge < -0.3 is 4.74 Å². The molecule has 0 N–H and O–H groups in total. The number of aryl methyl sites for hydroxylation is 1. The van der Waals surface area contributed by atoms with E-state index in [9.17, 15) is 4.39 Å². The molecule has 0 aliphatic rings. The summed E-state index contributed by atoms with van der Waals surface area (Å²) in [6.07, 6.45) is 0. The van der Waals surface area contributed by atoms with Gasteiger partial charge in [-0.2, -0.15) is 0 Å². The Morgan fingerprint density at radius 2 is 2.09 bits per heavy atom. The van der Waals surface area contributed by atoms with E-state index in [1.165, 1.54) is 7.11 Å². The Kier molecular flexibility index (Phi) is 2.49. The van der Waals surface area contributed by atoms with Crippen molar-refractivity contribution in [3.05, 3.63) is 28.0 Å². The number of ether oxygens (including phenoxy) is 1. The molecular formula is C8H8BrFO. The van der Waals surface area contributed by atoms with Crippen LogP contribution in [-0.2, 0) is 0 Å². The highest BCUT2D eigenvalue weighted by Crippen LogP contribution is 2.27. The van der Waals surface area contributed by atoms with Gasteiger partial charge in [0.15, 0.2) is 11.6 Å². The minimum atomic E-state index is -0.340. The third-order valence-corrected chi connectivity index (χ3v) is 2.43. The molecule has 0 aliphatic heterocycles. The fraction of sp³-hybridized carbons (Fsp3) is 0.250. The predicted molar refractivity (Wildman–Crippen MR) is 45.4 cm³/mol. The highest BCUT2D eigenvalue weighted by atomic mass is 79.9. The van der Waals surface area contributed by atoms with E-state index in [2.05, 4.69) is 15.9 Å². The molecule has 0 atom stereocenters. The van der Waals surface area contributed by atoms with Crippen LogP contribution in [0.3, 0.4) is 0 Å². The van der Waals surface area contributed by atoms with E-state index in [-0.39, 0.29) is 11.6 Å². The van der Waals surface area contributed by atoms with Gasteiger partial charge in [-0.1, -0.05) is 6.07 Å². The molecule has 0 bridgehead atoms. The third kappa shape index (κ3) is 1.53. The topological polar surface area (TPSA) is 9.23 Å². The first-order valence-corrected chi connectivity index (χ1v) is 3.94. The lowest BCUT2D eigenvalue weighted by Crippen LogP contribution is -1.90. The SMILES string of the molecule is COc1ccc(C)c(Br)c1F. The molecule has 60 valence electrons. The molecule has 3 heteroatoms. The molecule has 1 nitrogen and oxygen atoms in total. The molecular weight excluding hydrogens is 211 g/mol. The first-order chi connectivity index (χ1) is 5.16. The monoisotopic (exact) mass is 218 g/mol. The summed E-state index contributed by atoms with van der Waals surface area (Å²) in [4.78, 5) is 0. The van der Waals surface area contributed by atoms with Crippen LogP contribution in [0.1, 0.15) is 5.56 Å². The Morgan fingerprint density at radius 3 is 2.64 bits per heavy atom. The summed E-state index contributed by atoms with van der Waals surface area (Å²) in [5.41, 5.74) is 0.864. The van der Waals surface area contributed by atoms with Gasteiger partial charge in [-0.3, -0.25) is 0 Å². The second-order valence-corrected chi connectivity index (χ2v) is 3.01. The smallest absolute Gasteiger partial charge is 0.179 e. The van der Waals surface area contributed by atoms with Crippen LogP contribution >= 0.6 is 15.9 Å². The highest BCUT2D eigenvalue weighted by molar-refractivity contribution is 9.10. The van der Waals surface area contributed by atoms with E-state index in [1.54, 1.807) is 12.1 Å². The van der Waals surface area contributed by atoms with E-state index >= 15 is 0 Å². The van der Waals surface area contributed by atoms with Crippen LogP contribution in [0.5, 0.6) is 5.75 Å². The molecule has 0 saturated heterocycles. The maximum atomic E-state index is 13.1. The minimum absolute atomic E-state index is 0.266. The van der Waals surface area contributed by atoms with Gasteiger partial charge in [0.1, 0.15) is 0 Å². The van der Waals surface area contributed by atoms with Crippen molar-refractivity contribution < 1.29 is 9.13 Å². The summed E-state index contributed by atoms with van der Waals surface area (Å²) in [6.45, 7) is 1.83. The Balaban J connectivity index is 3.25. The van der Waals surface area contributed by atoms with Gasteiger partial charge in [0, 0.05) is 0 Å². The maximum Gasteiger partial charge on any atom is 0.179 e. The summed E-state index contributed by atoms with van der Waals surface area (Å²) >= 11 is 3.12. The van der Waals surface area contributed by atoms with Crippen molar-refractivity contribution in [3.63, 3.8) is 0 Å². The maximum absolute atomic E-state index is 13.1. The second-order valence-electron chi connectivity index (χ2n) is 2.21. The van der Waals surface area contributed by atoms with Gasteiger partial charge in [-0.15, -0.1) is 0 Å². The summed E-state index contributed by atoms with van der Waals surface area (Å²) < 4.78 is 18.3. The summed E-state index contributed by atoms with van der Waals surface area (Å²) in [6, 6.07) is 3.40. The van der Waals surface area contributed by atoms with Crippen LogP contribution in [0.15, 0.2) is 16.6 Å². The molecule has 0 fully saturated rings. The van der Waals surface area contributed by atoms with Crippen LogP contribution in [-0.4, -0.2) is 7.11 Å². The first kappa shape index (κ1) is 8.53. The zero-order chi connectivity index (χ0) is 8.43. The van der Waals surface area contributed by atoms with E-state index in [0.717, 1.165) is 5.56 Å². The Morgan fingerprint density at radius 1 is 1.45 bits per heavy atom. The van der Waals surface area contributed by atoms with E-state index in [4.69, 9.17) is 4.74 Å². The van der Waals surface area contributed by atoms with Gasteiger partial charge in [0.2, 0.25) is 0 Å². The van der Waals surface area contributed by atoms with Crippen molar-refractivity contribution in [1.29, 1.82) is 0 Å². The Bertz CT molecular complexity index is 273. The molecule has 0 heterocycles. The van der Waals surface area contributed by atoms with Gasteiger partial charge in [0.05, 0.1) is 11.6 Å². The standard InChI is InChI=1S/C8H8BrFO/c1-5-3-4-6(11-2)8(10)7(5)9/h3-4H,1-2H3. The fourth-order valence-electron chi connectivity index (χ4n) is 0.786. The van der Waals surface area contributed by atoms with Crippen LogP contribution in [0, 0.1) is 12.7 Å². The molecule has 1 rings (SSSR count). The number of benzene rings is 1. The number of methoxy groups -OCH3 is 1. The molecule has 0 aliphatic carbocycles. The Hall–Kier alpha value is -0.570. The zero-order valence-corrected chi connectivity index (χ0v) is 7.90. The largest absolute Gasteiger partial charge is 0.494 e. The molecule has 0 spiro atoms. The summed E-state index contributed by atoms with van der Waals surface area (Å²) in [5, 5.41) is 0. The molecule has 0 saturated carbocycles. The second kappa shape index (κ2) is 3.22. The summed E-state index contributed by atoms with van der Waals surface area (Å²) in [5.74, 6) is -0.0741. The third-order valence-electron chi connectivity index (χ3n) is 1.46. The number of halogens is 2. The number of rotatable bonds is 1. The van der Waals surface area contributed by atoms with Crippen LogP contribution in [0.2, 0.25) is 0 Å². The quantitative estimate of drug-likeness (QED) is 0.705. The lowest BCUT2D eigenvalue weighted by molar-refractivity contribution is 0.385. The number of hydrogen-bond donors (Lipinski definition) is 0. The fourth-order valence-corrected chi connectivity index (χ4v) is 1.11. The van der Waals surface area contributed by atoms with Crippen LogP contribution < -0.4 is 4.74 Å². The van der Waals surface area contributed by atoms with Gasteiger partial charge in [-0.25, -0.2) is 4.39 Å². The highest BCUT2D eigenvalue weighted by Gasteiger charge is 2.07. The number of hydrogen-bond acceptors (Lipinski definition) is 1. The average molecular weight is 219 g/mol. The van der Waals surface area contributed by atoms with E-state index < -0.39 is 0 Å². The molecule has 1 aromatic carbocycles. The predicted octanol–water partition coefficient (Wildman–Crippen LogP) is 2.91. The van der Waals surface area contributed by atoms with Crippen molar-refractivity contribution in [2.45, 2.75) is 6.92 Å². The first-order valence-electron chi connectivity index (χ1n) is 3.15. The lowest BCUT2D eigenvalue weighted by Gasteiger charge is -2.04. The van der Waals surface area contributed by atoms with Gasteiger partial charge >= 0.3 is 0 Å². The zero-order valence-electron chi connectivity index (χ0n) is 6.32. The molecule has 1 aromatic rings. The molecule has 0 aromatic heterocycles. The normalized spacial score (nSPS) is 9.82. The van der Waals surface area contributed by atoms with Crippen LogP contribution in [0.25, 0.3) is 0 Å². The molecule has 0 radical (unpaired) electrons. The van der Waals surface area contributed by atoms with E-state index in [0.29, 0.717) is 4.47 Å². The summed E-state index contributed by atoms with van der Waals surface area (Å²) in [7, 11) is 1.44. The minimum Gasteiger partial charge on any atom is -0.494 e. The lowest BCUT2D eigenvalue weighted by atomic mass is 10.2. The van der Waals surface area contributed by atoms with Crippen molar-refractivity contribution in [2.75, 3.05) is 7.11 Å². The van der Waals surface area contributed by atoms with Crippen molar-refractivity contribution >= 4 is 15.9 Å². The van der Waals surface area contributed by atoms with E-state index in [1.807, 2.05) is 6.92 Å². The molecule has 0 unspecified atom stereocenters. The average Bonchev–Trinajstić information content (AvgIpc) is 2.01. The van der Waals surface area contributed by atoms with Crippen molar-refractivity contribution in [1.82, 2.24) is 0 Å². The Labute approximate surface area is 73.3 Å². The van der Waals surface area contributed by atoms with Gasteiger partial charge in [0.25, 0.3) is 0 Å². The van der Waals surface area contributed by atoms with Crippen molar-refractivity contribution in [3.8, 4) is 5.75 Å². The van der Waals surface area contributed by atoms with Crippen molar-refractivity contribution in [2.24, 2.45) is 0 Å². The van der Waals surface area contributed by atoms with Gasteiger partial charge in [-0.05, 0) is 34.5 Å². The molecule has 0 amide bonds.